The van der Waals surface area contributed by atoms with Crippen molar-refractivity contribution < 1.29 is 29.0 Å². The summed E-state index contributed by atoms with van der Waals surface area (Å²) in [6.45, 7) is 9.74. The van der Waals surface area contributed by atoms with E-state index in [9.17, 15) is 19.5 Å². The number of alkyl halides is 1. The monoisotopic (exact) mass is 608 g/mol. The van der Waals surface area contributed by atoms with Crippen LogP contribution < -0.4 is 4.90 Å². The van der Waals surface area contributed by atoms with Crippen LogP contribution in [0, 0.1) is 18.8 Å². The van der Waals surface area contributed by atoms with E-state index in [1.54, 1.807) is 24.3 Å². The third-order valence-electron chi connectivity index (χ3n) is 7.69. The van der Waals surface area contributed by atoms with E-state index < -0.39 is 35.6 Å². The summed E-state index contributed by atoms with van der Waals surface area (Å²) in [4.78, 5) is 44.5. The first-order valence-electron chi connectivity index (χ1n) is 12.9. The standard InChI is InChI=1S/C28H34BrClN2O6/c1-4-6-7-15-37-27(36)20-21-25(34)32(13-9-14-33)24(28(21)16-18(29)23(20)38-28)26(35)31(12-5-2)22-17(3)10-8-11-19(22)30/h4-5,8,10-11,18,20-21,23-24,33H,1-2,6-7,9,12-16H2,3H3/t18?,20-,21-,23-,24?,28?/m0/s1. The Balaban J connectivity index is 1.75. The fourth-order valence-electron chi connectivity index (χ4n) is 6.19. The summed E-state index contributed by atoms with van der Waals surface area (Å²) < 4.78 is 12.1. The van der Waals surface area contributed by atoms with Crippen LogP contribution in [0.3, 0.4) is 0 Å². The molecule has 206 valence electrons. The number of benzene rings is 1. The first kappa shape index (κ1) is 28.8. The number of rotatable bonds is 12. The minimum Gasteiger partial charge on any atom is -0.465 e. The van der Waals surface area contributed by atoms with Gasteiger partial charge in [0.15, 0.2) is 0 Å². The molecule has 1 aromatic carbocycles. The summed E-state index contributed by atoms with van der Waals surface area (Å²) in [5, 5.41) is 9.95. The molecule has 1 aromatic rings. The Kier molecular flexibility index (Phi) is 9.02. The molecule has 2 bridgehead atoms. The number of fused-ring (bicyclic) bond motifs is 1. The average Bonchev–Trinajstić information content (AvgIpc) is 3.47. The first-order valence-corrected chi connectivity index (χ1v) is 14.2. The molecule has 0 aromatic heterocycles. The molecule has 4 rings (SSSR count). The largest absolute Gasteiger partial charge is 0.465 e. The van der Waals surface area contributed by atoms with E-state index in [2.05, 4.69) is 29.1 Å². The molecular weight excluding hydrogens is 576 g/mol. The SMILES string of the molecule is C=CCCCOC(=O)[C@H]1[C@H]2C(=O)N(CCCO)C(C(=O)N(CC=C)c3c(C)cccc3Cl)C23CC(Br)[C@@H]1O3. The van der Waals surface area contributed by atoms with Crippen LogP contribution in [0.4, 0.5) is 5.69 Å². The van der Waals surface area contributed by atoms with Gasteiger partial charge in [-0.15, -0.1) is 13.2 Å². The Bertz CT molecular complexity index is 1090. The number of anilines is 1. The third kappa shape index (κ3) is 4.83. The molecule has 0 aliphatic carbocycles. The molecule has 1 N–H and O–H groups in total. The van der Waals surface area contributed by atoms with E-state index in [4.69, 9.17) is 21.1 Å². The fraction of sp³-hybridized carbons (Fsp3) is 0.536. The summed E-state index contributed by atoms with van der Waals surface area (Å²) in [6.07, 6.45) is 4.76. The number of esters is 1. The highest BCUT2D eigenvalue weighted by Gasteiger charge is 2.77. The zero-order valence-electron chi connectivity index (χ0n) is 21.5. The molecule has 0 saturated carbocycles. The van der Waals surface area contributed by atoms with Gasteiger partial charge in [0.1, 0.15) is 11.6 Å². The number of halogens is 2. The number of unbranched alkanes of at least 4 members (excludes halogenated alkanes) is 1. The molecule has 0 radical (unpaired) electrons. The molecule has 3 unspecified atom stereocenters. The topological polar surface area (TPSA) is 96.4 Å². The number of aliphatic hydroxyl groups excluding tert-OH is 1. The number of amides is 2. The van der Waals surface area contributed by atoms with Crippen molar-refractivity contribution in [1.29, 1.82) is 0 Å². The lowest BCUT2D eigenvalue weighted by Crippen LogP contribution is -2.57. The molecule has 3 aliphatic heterocycles. The number of aryl methyl sites for hydroxylation is 1. The summed E-state index contributed by atoms with van der Waals surface area (Å²) in [5.41, 5.74) is 0.112. The van der Waals surface area contributed by atoms with E-state index in [0.29, 0.717) is 30.0 Å². The van der Waals surface area contributed by atoms with Crippen LogP contribution in [0.25, 0.3) is 0 Å². The van der Waals surface area contributed by atoms with E-state index in [1.165, 1.54) is 9.80 Å². The normalized spacial score (nSPS) is 29.3. The molecule has 1 spiro atoms. The molecule has 8 nitrogen and oxygen atoms in total. The van der Waals surface area contributed by atoms with E-state index in [0.717, 1.165) is 5.56 Å². The Labute approximate surface area is 236 Å². The number of aliphatic hydroxyl groups is 1. The van der Waals surface area contributed by atoms with Crippen LogP contribution in [0.15, 0.2) is 43.5 Å². The molecule has 3 fully saturated rings. The van der Waals surface area contributed by atoms with Crippen molar-refractivity contribution >= 4 is 51.0 Å². The Morgan fingerprint density at radius 1 is 1.34 bits per heavy atom. The summed E-state index contributed by atoms with van der Waals surface area (Å²) in [7, 11) is 0. The van der Waals surface area contributed by atoms with Crippen molar-refractivity contribution in [1.82, 2.24) is 4.90 Å². The number of allylic oxidation sites excluding steroid dienone is 1. The number of nitrogens with zero attached hydrogens (tertiary/aromatic N) is 2. The van der Waals surface area contributed by atoms with Crippen molar-refractivity contribution in [2.75, 3.05) is 31.2 Å². The number of ether oxygens (including phenoxy) is 2. The highest BCUT2D eigenvalue weighted by Crippen LogP contribution is 2.60. The number of hydrogen-bond acceptors (Lipinski definition) is 6. The number of carbonyl (C=O) groups excluding carboxylic acids is 3. The molecule has 3 heterocycles. The lowest BCUT2D eigenvalue weighted by molar-refractivity contribution is -0.155. The maximum Gasteiger partial charge on any atom is 0.312 e. The van der Waals surface area contributed by atoms with E-state index >= 15 is 0 Å². The van der Waals surface area contributed by atoms with Crippen LogP contribution in [0.5, 0.6) is 0 Å². The smallest absolute Gasteiger partial charge is 0.312 e. The quantitative estimate of drug-likeness (QED) is 0.168. The molecule has 3 aliphatic rings. The molecule has 3 saturated heterocycles. The van der Waals surface area contributed by atoms with Crippen molar-refractivity contribution in [3.8, 4) is 0 Å². The second kappa shape index (κ2) is 11.9. The molecule has 38 heavy (non-hydrogen) atoms. The van der Waals surface area contributed by atoms with Gasteiger partial charge in [-0.2, -0.15) is 0 Å². The summed E-state index contributed by atoms with van der Waals surface area (Å²) in [5.74, 6) is -2.90. The average molecular weight is 610 g/mol. The molecule has 10 heteroatoms. The fourth-order valence-corrected chi connectivity index (χ4v) is 7.46. The maximum atomic E-state index is 14.5. The zero-order chi connectivity index (χ0) is 27.6. The van der Waals surface area contributed by atoms with Gasteiger partial charge in [-0.25, -0.2) is 0 Å². The zero-order valence-corrected chi connectivity index (χ0v) is 23.8. The van der Waals surface area contributed by atoms with Crippen molar-refractivity contribution in [3.63, 3.8) is 0 Å². The minimum absolute atomic E-state index is 0.148. The second-order valence-electron chi connectivity index (χ2n) is 10.0. The van der Waals surface area contributed by atoms with Crippen LogP contribution in [-0.2, 0) is 23.9 Å². The van der Waals surface area contributed by atoms with Gasteiger partial charge < -0.3 is 24.4 Å². The maximum absolute atomic E-state index is 14.5. The lowest BCUT2D eigenvalue weighted by atomic mass is 9.70. The second-order valence-corrected chi connectivity index (χ2v) is 11.6. The predicted octanol–water partition coefficient (Wildman–Crippen LogP) is 3.81. The lowest BCUT2D eigenvalue weighted by Gasteiger charge is -2.37. The van der Waals surface area contributed by atoms with Gasteiger partial charge in [-0.1, -0.05) is 51.8 Å². The summed E-state index contributed by atoms with van der Waals surface area (Å²) in [6, 6.07) is 4.37. The number of hydrogen-bond donors (Lipinski definition) is 1. The van der Waals surface area contributed by atoms with Gasteiger partial charge in [0.2, 0.25) is 5.91 Å². The van der Waals surface area contributed by atoms with E-state index in [-0.39, 0.29) is 49.4 Å². The first-order chi connectivity index (χ1) is 18.2. The number of para-hydroxylation sites is 1. The van der Waals surface area contributed by atoms with Gasteiger partial charge in [0.25, 0.3) is 5.91 Å². The van der Waals surface area contributed by atoms with Crippen LogP contribution in [0.1, 0.15) is 31.2 Å². The van der Waals surface area contributed by atoms with Crippen molar-refractivity contribution in [3.05, 3.63) is 54.1 Å². The minimum atomic E-state index is -1.22. The molecule has 2 amide bonds. The summed E-state index contributed by atoms with van der Waals surface area (Å²) >= 11 is 10.2. The molecular formula is C28H34BrClN2O6. The highest BCUT2D eigenvalue weighted by atomic mass is 79.9. The van der Waals surface area contributed by atoms with Crippen molar-refractivity contribution in [2.24, 2.45) is 11.8 Å². The van der Waals surface area contributed by atoms with Gasteiger partial charge in [-0.05, 0) is 44.2 Å². The van der Waals surface area contributed by atoms with E-state index in [1.807, 2.05) is 13.0 Å². The predicted molar refractivity (Wildman–Crippen MR) is 148 cm³/mol. The highest BCUT2D eigenvalue weighted by molar-refractivity contribution is 9.09. The van der Waals surface area contributed by atoms with Gasteiger partial charge in [-0.3, -0.25) is 14.4 Å². The Morgan fingerprint density at radius 2 is 2.11 bits per heavy atom. The van der Waals surface area contributed by atoms with Gasteiger partial charge in [0, 0.05) is 24.5 Å². The van der Waals surface area contributed by atoms with Crippen LogP contribution >= 0.6 is 27.5 Å². The van der Waals surface area contributed by atoms with Crippen molar-refractivity contribution in [2.45, 2.75) is 55.2 Å². The Hall–Kier alpha value is -2.20. The van der Waals surface area contributed by atoms with Gasteiger partial charge in [0.05, 0.1) is 35.3 Å². The number of carbonyl (C=O) groups is 3. The number of likely N-dealkylation sites (tertiary alicyclic amines) is 1. The molecule has 6 atom stereocenters. The van der Waals surface area contributed by atoms with Gasteiger partial charge >= 0.3 is 5.97 Å². The third-order valence-corrected chi connectivity index (χ3v) is 8.84. The Morgan fingerprint density at radius 3 is 2.76 bits per heavy atom. The van der Waals surface area contributed by atoms with Crippen LogP contribution in [0.2, 0.25) is 5.02 Å². The van der Waals surface area contributed by atoms with Crippen LogP contribution in [-0.4, -0.2) is 76.7 Å².